The number of aromatic nitrogens is 2. The van der Waals surface area contributed by atoms with Gasteiger partial charge in [0.05, 0.1) is 11.3 Å². The Hall–Kier alpha value is -1.83. The summed E-state index contributed by atoms with van der Waals surface area (Å²) in [4.78, 5) is 11.2. The molecule has 1 aromatic rings. The molecule has 1 aromatic heterocycles. The lowest BCUT2D eigenvalue weighted by Crippen LogP contribution is -2.31. The number of nitriles is 1. The molecule has 0 fully saturated rings. The van der Waals surface area contributed by atoms with Crippen molar-refractivity contribution in [1.82, 2.24) is 15.5 Å². The molecule has 5 heteroatoms. The lowest BCUT2D eigenvalue weighted by molar-refractivity contribution is 0.0945. The highest BCUT2D eigenvalue weighted by molar-refractivity contribution is 5.98. The van der Waals surface area contributed by atoms with E-state index in [-0.39, 0.29) is 11.6 Å². The number of amides is 1. The SMILES string of the molecule is N#Cc1n[nH]c2c1C(=O)NCC2. The van der Waals surface area contributed by atoms with Crippen LogP contribution >= 0.6 is 0 Å². The highest BCUT2D eigenvalue weighted by Gasteiger charge is 2.23. The Bertz CT molecular complexity index is 373. The zero-order valence-electron chi connectivity index (χ0n) is 6.22. The molecular formula is C7H6N4O. The Labute approximate surface area is 68.4 Å². The van der Waals surface area contributed by atoms with Crippen LogP contribution in [0.1, 0.15) is 21.7 Å². The molecule has 2 heterocycles. The minimum Gasteiger partial charge on any atom is -0.351 e. The lowest BCUT2D eigenvalue weighted by Gasteiger charge is -2.10. The molecule has 1 aliphatic heterocycles. The van der Waals surface area contributed by atoms with Gasteiger partial charge in [-0.05, 0) is 0 Å². The van der Waals surface area contributed by atoms with Gasteiger partial charge in [0.1, 0.15) is 6.07 Å². The predicted octanol–water partition coefficient (Wildman–Crippen LogP) is -0.433. The maximum Gasteiger partial charge on any atom is 0.256 e. The summed E-state index contributed by atoms with van der Waals surface area (Å²) >= 11 is 0. The maximum absolute atomic E-state index is 11.2. The van der Waals surface area contributed by atoms with Crippen LogP contribution in [0.4, 0.5) is 0 Å². The molecule has 0 aromatic carbocycles. The summed E-state index contributed by atoms with van der Waals surface area (Å²) in [5, 5.41) is 17.6. The fourth-order valence-corrected chi connectivity index (χ4v) is 1.27. The molecule has 0 spiro atoms. The van der Waals surface area contributed by atoms with Crippen LogP contribution in [-0.4, -0.2) is 22.6 Å². The first-order valence-electron chi connectivity index (χ1n) is 3.58. The highest BCUT2D eigenvalue weighted by Crippen LogP contribution is 2.13. The van der Waals surface area contributed by atoms with E-state index < -0.39 is 0 Å². The number of hydrogen-bond acceptors (Lipinski definition) is 3. The monoisotopic (exact) mass is 162 g/mol. The fourth-order valence-electron chi connectivity index (χ4n) is 1.27. The third-order valence-corrected chi connectivity index (χ3v) is 1.83. The second-order valence-corrected chi connectivity index (χ2v) is 2.54. The van der Waals surface area contributed by atoms with Gasteiger partial charge < -0.3 is 5.32 Å². The molecule has 1 aliphatic rings. The zero-order chi connectivity index (χ0) is 8.55. The van der Waals surface area contributed by atoms with E-state index in [0.717, 1.165) is 12.1 Å². The average Bonchev–Trinajstić information content (AvgIpc) is 2.49. The van der Waals surface area contributed by atoms with Crippen molar-refractivity contribution in [2.45, 2.75) is 6.42 Å². The van der Waals surface area contributed by atoms with E-state index in [1.54, 1.807) is 0 Å². The topological polar surface area (TPSA) is 81.6 Å². The molecule has 0 radical (unpaired) electrons. The Morgan fingerprint density at radius 3 is 3.17 bits per heavy atom. The minimum atomic E-state index is -0.207. The fraction of sp³-hybridized carbons (Fsp3) is 0.286. The van der Waals surface area contributed by atoms with Crippen LogP contribution in [0.15, 0.2) is 0 Å². The van der Waals surface area contributed by atoms with Gasteiger partial charge in [0.15, 0.2) is 5.69 Å². The number of fused-ring (bicyclic) bond motifs is 1. The molecule has 0 saturated heterocycles. The van der Waals surface area contributed by atoms with Crippen LogP contribution in [0.25, 0.3) is 0 Å². The summed E-state index contributed by atoms with van der Waals surface area (Å²) in [6.45, 7) is 0.610. The normalized spacial score (nSPS) is 14.8. The summed E-state index contributed by atoms with van der Waals surface area (Å²) < 4.78 is 0. The van der Waals surface area contributed by atoms with Crippen molar-refractivity contribution in [1.29, 1.82) is 5.26 Å². The van der Waals surface area contributed by atoms with E-state index in [1.807, 2.05) is 6.07 Å². The van der Waals surface area contributed by atoms with Crippen molar-refractivity contribution in [3.05, 3.63) is 17.0 Å². The summed E-state index contributed by atoms with van der Waals surface area (Å²) in [6.07, 6.45) is 0.718. The highest BCUT2D eigenvalue weighted by atomic mass is 16.1. The molecule has 0 unspecified atom stereocenters. The van der Waals surface area contributed by atoms with Gasteiger partial charge in [0, 0.05) is 13.0 Å². The number of H-pyrrole nitrogens is 1. The summed E-state index contributed by atoms with van der Waals surface area (Å²) in [5.41, 5.74) is 1.35. The van der Waals surface area contributed by atoms with Crippen LogP contribution < -0.4 is 5.32 Å². The number of hydrogen-bond donors (Lipinski definition) is 2. The molecule has 0 atom stereocenters. The third kappa shape index (κ3) is 0.782. The third-order valence-electron chi connectivity index (χ3n) is 1.83. The molecule has 1 amide bonds. The van der Waals surface area contributed by atoms with E-state index in [4.69, 9.17) is 5.26 Å². The molecule has 60 valence electrons. The van der Waals surface area contributed by atoms with Gasteiger partial charge in [-0.25, -0.2) is 0 Å². The van der Waals surface area contributed by atoms with Gasteiger partial charge in [-0.3, -0.25) is 9.89 Å². The van der Waals surface area contributed by atoms with Crippen LogP contribution in [0, 0.1) is 11.3 Å². The van der Waals surface area contributed by atoms with Crippen molar-refractivity contribution < 1.29 is 4.79 Å². The van der Waals surface area contributed by atoms with E-state index in [9.17, 15) is 4.79 Å². The molecular weight excluding hydrogens is 156 g/mol. The van der Waals surface area contributed by atoms with Crippen LogP contribution in [0.3, 0.4) is 0 Å². The van der Waals surface area contributed by atoms with Gasteiger partial charge in [0.25, 0.3) is 5.91 Å². The minimum absolute atomic E-state index is 0.183. The number of aromatic amines is 1. The number of carbonyl (C=O) groups excluding carboxylic acids is 1. The summed E-state index contributed by atoms with van der Waals surface area (Å²) in [5.74, 6) is -0.207. The first-order valence-corrected chi connectivity index (χ1v) is 3.58. The van der Waals surface area contributed by atoms with E-state index in [2.05, 4.69) is 15.5 Å². The quantitative estimate of drug-likeness (QED) is 0.543. The summed E-state index contributed by atoms with van der Waals surface area (Å²) in [6, 6.07) is 1.86. The molecule has 5 nitrogen and oxygen atoms in total. The number of carbonyl (C=O) groups is 1. The number of nitrogens with zero attached hydrogens (tertiary/aromatic N) is 2. The molecule has 2 N–H and O–H groups in total. The van der Waals surface area contributed by atoms with Gasteiger partial charge in [-0.2, -0.15) is 10.4 Å². The van der Waals surface area contributed by atoms with Crippen LogP contribution in [-0.2, 0) is 6.42 Å². The molecule has 0 aliphatic carbocycles. The van der Waals surface area contributed by atoms with Crippen molar-refractivity contribution in [2.75, 3.05) is 6.54 Å². The van der Waals surface area contributed by atoms with Gasteiger partial charge >= 0.3 is 0 Å². The van der Waals surface area contributed by atoms with Gasteiger partial charge in [-0.15, -0.1) is 0 Å². The average molecular weight is 162 g/mol. The Kier molecular flexibility index (Phi) is 1.34. The Morgan fingerprint density at radius 1 is 1.58 bits per heavy atom. The van der Waals surface area contributed by atoms with E-state index in [1.165, 1.54) is 0 Å². The number of nitrogens with one attached hydrogen (secondary N) is 2. The van der Waals surface area contributed by atoms with Crippen molar-refractivity contribution in [3.63, 3.8) is 0 Å². The van der Waals surface area contributed by atoms with Crippen molar-refractivity contribution in [2.24, 2.45) is 0 Å². The predicted molar refractivity (Wildman–Crippen MR) is 39.3 cm³/mol. The smallest absolute Gasteiger partial charge is 0.256 e. The Morgan fingerprint density at radius 2 is 2.42 bits per heavy atom. The Balaban J connectivity index is 2.59. The second kappa shape index (κ2) is 2.34. The van der Waals surface area contributed by atoms with E-state index in [0.29, 0.717) is 12.1 Å². The molecule has 2 rings (SSSR count). The van der Waals surface area contributed by atoms with Crippen molar-refractivity contribution >= 4 is 5.91 Å². The molecule has 12 heavy (non-hydrogen) atoms. The largest absolute Gasteiger partial charge is 0.351 e. The molecule has 0 bridgehead atoms. The van der Waals surface area contributed by atoms with Crippen molar-refractivity contribution in [3.8, 4) is 6.07 Å². The van der Waals surface area contributed by atoms with Gasteiger partial charge in [-0.1, -0.05) is 0 Å². The van der Waals surface area contributed by atoms with Gasteiger partial charge in [0.2, 0.25) is 0 Å². The van der Waals surface area contributed by atoms with Crippen LogP contribution in [0.2, 0.25) is 0 Å². The number of rotatable bonds is 0. The molecule has 0 saturated carbocycles. The standard InChI is InChI=1S/C7H6N4O/c8-3-5-6-4(10-11-5)1-2-9-7(6)12/h1-2H2,(H,9,12)(H,10,11). The summed E-state index contributed by atoms with van der Waals surface area (Å²) in [7, 11) is 0. The van der Waals surface area contributed by atoms with Crippen LogP contribution in [0.5, 0.6) is 0 Å². The zero-order valence-corrected chi connectivity index (χ0v) is 6.22. The van der Waals surface area contributed by atoms with E-state index >= 15 is 0 Å². The second-order valence-electron chi connectivity index (χ2n) is 2.54. The lowest BCUT2D eigenvalue weighted by atomic mass is 10.1. The first kappa shape index (κ1) is 6.85. The first-order chi connectivity index (χ1) is 5.83. The maximum atomic E-state index is 11.2.